The standard InChI is InChI=1S/C11H13BrFNO2/c1-11(2,10(15)16)14-6-7-3-4-8(13)5-9(7)12/h3-5,14H,6H2,1-2H3,(H,15,16). The fourth-order valence-electron chi connectivity index (χ4n) is 1.06. The van der Waals surface area contributed by atoms with Crippen molar-refractivity contribution in [1.82, 2.24) is 5.32 Å². The fraction of sp³-hybridized carbons (Fsp3) is 0.364. The third kappa shape index (κ3) is 3.28. The molecule has 0 saturated heterocycles. The third-order valence-electron chi connectivity index (χ3n) is 2.27. The molecule has 0 aromatic heterocycles. The molecule has 0 aliphatic rings. The second-order valence-corrected chi connectivity index (χ2v) is 4.87. The Morgan fingerprint density at radius 1 is 1.56 bits per heavy atom. The summed E-state index contributed by atoms with van der Waals surface area (Å²) in [6.07, 6.45) is 0. The van der Waals surface area contributed by atoms with Crippen molar-refractivity contribution in [2.45, 2.75) is 25.9 Å². The second-order valence-electron chi connectivity index (χ2n) is 4.02. The van der Waals surface area contributed by atoms with Gasteiger partial charge in [0.25, 0.3) is 0 Å². The van der Waals surface area contributed by atoms with Crippen LogP contribution in [0.15, 0.2) is 22.7 Å². The third-order valence-corrected chi connectivity index (χ3v) is 3.01. The minimum atomic E-state index is -1.01. The maximum Gasteiger partial charge on any atom is 0.323 e. The van der Waals surface area contributed by atoms with Crippen LogP contribution in [-0.2, 0) is 11.3 Å². The van der Waals surface area contributed by atoms with E-state index in [1.54, 1.807) is 19.9 Å². The summed E-state index contributed by atoms with van der Waals surface area (Å²) >= 11 is 3.22. The first kappa shape index (κ1) is 13.1. The molecular formula is C11H13BrFNO2. The van der Waals surface area contributed by atoms with Gasteiger partial charge < -0.3 is 5.11 Å². The predicted molar refractivity (Wildman–Crippen MR) is 62.7 cm³/mol. The zero-order chi connectivity index (χ0) is 12.3. The normalized spacial score (nSPS) is 11.5. The SMILES string of the molecule is CC(C)(NCc1ccc(F)cc1Br)C(=O)O. The summed E-state index contributed by atoms with van der Waals surface area (Å²) in [5.74, 6) is -1.25. The van der Waals surface area contributed by atoms with Gasteiger partial charge in [0.2, 0.25) is 0 Å². The van der Waals surface area contributed by atoms with Gasteiger partial charge in [-0.2, -0.15) is 0 Å². The number of benzene rings is 1. The molecule has 0 fully saturated rings. The van der Waals surface area contributed by atoms with Crippen molar-refractivity contribution in [3.05, 3.63) is 34.1 Å². The Balaban J connectivity index is 2.72. The maximum absolute atomic E-state index is 12.8. The number of hydrogen-bond acceptors (Lipinski definition) is 2. The highest BCUT2D eigenvalue weighted by Gasteiger charge is 2.26. The van der Waals surface area contributed by atoms with E-state index in [-0.39, 0.29) is 5.82 Å². The summed E-state index contributed by atoms with van der Waals surface area (Å²) in [6.45, 7) is 3.51. The molecular weight excluding hydrogens is 277 g/mol. The van der Waals surface area contributed by atoms with Crippen LogP contribution in [-0.4, -0.2) is 16.6 Å². The van der Waals surface area contributed by atoms with Gasteiger partial charge in [0.1, 0.15) is 11.4 Å². The van der Waals surface area contributed by atoms with E-state index >= 15 is 0 Å². The van der Waals surface area contributed by atoms with Crippen LogP contribution >= 0.6 is 15.9 Å². The first-order valence-corrected chi connectivity index (χ1v) is 5.54. The molecule has 1 rings (SSSR count). The molecule has 1 aromatic rings. The van der Waals surface area contributed by atoms with Gasteiger partial charge in [-0.25, -0.2) is 4.39 Å². The fourth-order valence-corrected chi connectivity index (χ4v) is 1.55. The number of carbonyl (C=O) groups is 1. The molecule has 0 aliphatic heterocycles. The van der Waals surface area contributed by atoms with Crippen molar-refractivity contribution in [3.8, 4) is 0 Å². The zero-order valence-electron chi connectivity index (χ0n) is 9.05. The average Bonchev–Trinajstić information content (AvgIpc) is 2.16. The van der Waals surface area contributed by atoms with Crippen LogP contribution < -0.4 is 5.32 Å². The summed E-state index contributed by atoms with van der Waals surface area (Å²) in [4.78, 5) is 10.8. The van der Waals surface area contributed by atoms with Gasteiger partial charge in [0.15, 0.2) is 0 Å². The number of aliphatic carboxylic acids is 1. The Morgan fingerprint density at radius 3 is 2.69 bits per heavy atom. The first-order chi connectivity index (χ1) is 7.33. The molecule has 0 amide bonds. The van der Waals surface area contributed by atoms with E-state index in [9.17, 15) is 9.18 Å². The summed E-state index contributed by atoms with van der Waals surface area (Å²) in [5, 5.41) is 11.8. The van der Waals surface area contributed by atoms with Crippen molar-refractivity contribution in [3.63, 3.8) is 0 Å². The quantitative estimate of drug-likeness (QED) is 0.896. The van der Waals surface area contributed by atoms with Crippen LogP contribution in [0.3, 0.4) is 0 Å². The maximum atomic E-state index is 12.8. The van der Waals surface area contributed by atoms with E-state index in [0.717, 1.165) is 5.56 Å². The van der Waals surface area contributed by atoms with E-state index in [1.807, 2.05) is 0 Å². The summed E-state index contributed by atoms with van der Waals surface area (Å²) in [6, 6.07) is 4.31. The van der Waals surface area contributed by atoms with Crippen LogP contribution in [0.1, 0.15) is 19.4 Å². The second kappa shape index (κ2) is 4.93. The highest BCUT2D eigenvalue weighted by atomic mass is 79.9. The summed E-state index contributed by atoms with van der Waals surface area (Å²) in [5.41, 5.74) is -0.191. The molecule has 3 nitrogen and oxygen atoms in total. The lowest BCUT2D eigenvalue weighted by Gasteiger charge is -2.21. The molecule has 0 atom stereocenters. The lowest BCUT2D eigenvalue weighted by atomic mass is 10.1. The lowest BCUT2D eigenvalue weighted by Crippen LogP contribution is -2.46. The van der Waals surface area contributed by atoms with Crippen molar-refractivity contribution in [2.24, 2.45) is 0 Å². The summed E-state index contributed by atoms with van der Waals surface area (Å²) in [7, 11) is 0. The molecule has 5 heteroatoms. The van der Waals surface area contributed by atoms with Crippen LogP contribution in [0.25, 0.3) is 0 Å². The zero-order valence-corrected chi connectivity index (χ0v) is 10.6. The molecule has 0 heterocycles. The molecule has 16 heavy (non-hydrogen) atoms. The highest BCUT2D eigenvalue weighted by Crippen LogP contribution is 2.18. The highest BCUT2D eigenvalue weighted by molar-refractivity contribution is 9.10. The average molecular weight is 290 g/mol. The largest absolute Gasteiger partial charge is 0.480 e. The van der Waals surface area contributed by atoms with Gasteiger partial charge in [-0.15, -0.1) is 0 Å². The smallest absolute Gasteiger partial charge is 0.323 e. The van der Waals surface area contributed by atoms with Gasteiger partial charge in [0, 0.05) is 11.0 Å². The Kier molecular flexibility index (Phi) is 4.04. The van der Waals surface area contributed by atoms with Gasteiger partial charge in [-0.1, -0.05) is 22.0 Å². The first-order valence-electron chi connectivity index (χ1n) is 4.75. The van der Waals surface area contributed by atoms with Gasteiger partial charge >= 0.3 is 5.97 Å². The summed E-state index contributed by atoms with van der Waals surface area (Å²) < 4.78 is 13.4. The number of halogens is 2. The van der Waals surface area contributed by atoms with Crippen molar-refractivity contribution < 1.29 is 14.3 Å². The number of hydrogen-bond donors (Lipinski definition) is 2. The molecule has 0 bridgehead atoms. The van der Waals surface area contributed by atoms with Gasteiger partial charge in [-0.05, 0) is 31.5 Å². The van der Waals surface area contributed by atoms with Crippen LogP contribution in [0.4, 0.5) is 4.39 Å². The monoisotopic (exact) mass is 289 g/mol. The Bertz CT molecular complexity index is 407. The predicted octanol–water partition coefficient (Wildman–Crippen LogP) is 2.54. The van der Waals surface area contributed by atoms with E-state index in [0.29, 0.717) is 11.0 Å². The lowest BCUT2D eigenvalue weighted by molar-refractivity contribution is -0.143. The molecule has 88 valence electrons. The Morgan fingerprint density at radius 2 is 2.19 bits per heavy atom. The van der Waals surface area contributed by atoms with Crippen LogP contribution in [0.2, 0.25) is 0 Å². The molecule has 0 saturated carbocycles. The Hall–Kier alpha value is -0.940. The minimum absolute atomic E-state index is 0.326. The van der Waals surface area contributed by atoms with Crippen molar-refractivity contribution in [2.75, 3.05) is 0 Å². The van der Waals surface area contributed by atoms with Crippen LogP contribution in [0, 0.1) is 5.82 Å². The van der Waals surface area contributed by atoms with Crippen molar-refractivity contribution in [1.29, 1.82) is 0 Å². The number of nitrogens with one attached hydrogen (secondary N) is 1. The van der Waals surface area contributed by atoms with Crippen molar-refractivity contribution >= 4 is 21.9 Å². The number of carboxylic acid groups (broad SMARTS) is 1. The van der Waals surface area contributed by atoms with E-state index in [2.05, 4.69) is 21.2 Å². The Labute approximate surface area is 102 Å². The number of rotatable bonds is 4. The minimum Gasteiger partial charge on any atom is -0.480 e. The molecule has 2 N–H and O–H groups in total. The van der Waals surface area contributed by atoms with Gasteiger partial charge in [-0.3, -0.25) is 10.1 Å². The molecule has 0 radical (unpaired) electrons. The molecule has 0 spiro atoms. The van der Waals surface area contributed by atoms with Crippen LogP contribution in [0.5, 0.6) is 0 Å². The van der Waals surface area contributed by atoms with E-state index in [4.69, 9.17) is 5.11 Å². The molecule has 0 unspecified atom stereocenters. The van der Waals surface area contributed by atoms with E-state index < -0.39 is 11.5 Å². The molecule has 0 aliphatic carbocycles. The topological polar surface area (TPSA) is 49.3 Å². The van der Waals surface area contributed by atoms with E-state index in [1.165, 1.54) is 12.1 Å². The number of carboxylic acids is 1. The molecule has 1 aromatic carbocycles. The van der Waals surface area contributed by atoms with Gasteiger partial charge in [0.05, 0.1) is 0 Å².